The molecule has 1 heterocycles. The Morgan fingerprint density at radius 2 is 1.90 bits per heavy atom. The second-order valence-corrected chi connectivity index (χ2v) is 4.94. The quantitative estimate of drug-likeness (QED) is 0.774. The second kappa shape index (κ2) is 5.37. The van der Waals surface area contributed by atoms with E-state index in [1.54, 1.807) is 0 Å². The topological polar surface area (TPSA) is 37.9 Å². The molecular weight excluding hydrogens is 248 g/mol. The Bertz CT molecular complexity index is 713. The number of fused-ring (bicyclic) bond motifs is 1. The fourth-order valence-corrected chi connectivity index (χ4v) is 2.27. The summed E-state index contributed by atoms with van der Waals surface area (Å²) in [5.41, 5.74) is 4.58. The molecule has 0 unspecified atom stereocenters. The van der Waals surface area contributed by atoms with E-state index >= 15 is 0 Å². The molecule has 0 aliphatic rings. The molecule has 0 bridgehead atoms. The maximum absolute atomic E-state index is 5.77. The highest BCUT2D eigenvalue weighted by Gasteiger charge is 2.05. The number of rotatable bonds is 4. The molecule has 0 fully saturated rings. The number of nitrogens with zero attached hydrogens (tertiary/aromatic N) is 1. The smallest absolute Gasteiger partial charge is 0.146 e. The summed E-state index contributed by atoms with van der Waals surface area (Å²) in [6, 6.07) is 14.3. The van der Waals surface area contributed by atoms with Crippen LogP contribution in [0.5, 0.6) is 5.75 Å². The average Bonchev–Trinajstić information content (AvgIpc) is 2.90. The number of hydrogen-bond donors (Lipinski definition) is 1. The van der Waals surface area contributed by atoms with Crippen LogP contribution < -0.4 is 4.74 Å². The van der Waals surface area contributed by atoms with Gasteiger partial charge in [-0.3, -0.25) is 0 Å². The predicted octanol–water partition coefficient (Wildman–Crippen LogP) is 4.01. The highest BCUT2D eigenvalue weighted by atomic mass is 16.5. The van der Waals surface area contributed by atoms with E-state index in [2.05, 4.69) is 42.0 Å². The molecule has 3 heteroatoms. The molecule has 2 aromatic carbocycles. The minimum Gasteiger partial charge on any atom is -0.486 e. The summed E-state index contributed by atoms with van der Waals surface area (Å²) in [6.07, 6.45) is 1.04. The Morgan fingerprint density at radius 3 is 2.60 bits per heavy atom. The third kappa shape index (κ3) is 2.52. The van der Waals surface area contributed by atoms with Gasteiger partial charge < -0.3 is 9.72 Å². The summed E-state index contributed by atoms with van der Waals surface area (Å²) in [5.74, 6) is 1.73. The first-order chi connectivity index (χ1) is 9.76. The van der Waals surface area contributed by atoms with Gasteiger partial charge in [0, 0.05) is 0 Å². The monoisotopic (exact) mass is 266 g/mol. The third-order valence-corrected chi connectivity index (χ3v) is 3.47. The van der Waals surface area contributed by atoms with Gasteiger partial charge in [-0.25, -0.2) is 4.98 Å². The fourth-order valence-electron chi connectivity index (χ4n) is 2.27. The van der Waals surface area contributed by atoms with Crippen molar-refractivity contribution < 1.29 is 4.74 Å². The number of imidazole rings is 1. The van der Waals surface area contributed by atoms with Gasteiger partial charge in [-0.05, 0) is 42.7 Å². The van der Waals surface area contributed by atoms with E-state index in [4.69, 9.17) is 4.74 Å². The lowest BCUT2D eigenvalue weighted by Crippen LogP contribution is -1.97. The Balaban J connectivity index is 1.74. The zero-order chi connectivity index (χ0) is 13.9. The van der Waals surface area contributed by atoms with E-state index in [1.165, 1.54) is 11.1 Å². The van der Waals surface area contributed by atoms with E-state index in [0.717, 1.165) is 29.0 Å². The van der Waals surface area contributed by atoms with Crippen LogP contribution in [0.25, 0.3) is 11.0 Å². The lowest BCUT2D eigenvalue weighted by atomic mass is 10.2. The lowest BCUT2D eigenvalue weighted by molar-refractivity contribution is 0.297. The van der Waals surface area contributed by atoms with Crippen LogP contribution in [0.4, 0.5) is 0 Å². The van der Waals surface area contributed by atoms with E-state index < -0.39 is 0 Å². The number of benzene rings is 2. The Morgan fingerprint density at radius 1 is 1.10 bits per heavy atom. The largest absolute Gasteiger partial charge is 0.486 e. The summed E-state index contributed by atoms with van der Waals surface area (Å²) in [4.78, 5) is 7.87. The third-order valence-electron chi connectivity index (χ3n) is 3.47. The van der Waals surface area contributed by atoms with Crippen LogP contribution in [-0.2, 0) is 13.0 Å². The zero-order valence-electron chi connectivity index (χ0n) is 11.8. The Hall–Kier alpha value is -2.29. The maximum Gasteiger partial charge on any atom is 0.146 e. The van der Waals surface area contributed by atoms with E-state index in [0.29, 0.717) is 6.61 Å². The number of aromatic amines is 1. The number of ether oxygens (including phenoxy) is 1. The molecule has 0 atom stereocenters. The first-order valence-corrected chi connectivity index (χ1v) is 6.92. The molecule has 1 N–H and O–H groups in total. The van der Waals surface area contributed by atoms with Gasteiger partial charge in [0.2, 0.25) is 0 Å². The molecule has 0 saturated heterocycles. The van der Waals surface area contributed by atoms with Crippen LogP contribution in [-0.4, -0.2) is 9.97 Å². The van der Waals surface area contributed by atoms with Crippen molar-refractivity contribution in [2.45, 2.75) is 26.9 Å². The van der Waals surface area contributed by atoms with Crippen LogP contribution in [0.2, 0.25) is 0 Å². The highest BCUT2D eigenvalue weighted by molar-refractivity contribution is 5.78. The molecule has 0 radical (unpaired) electrons. The molecule has 0 aliphatic heterocycles. The summed E-state index contributed by atoms with van der Waals surface area (Å²) in [5, 5.41) is 0. The van der Waals surface area contributed by atoms with Crippen molar-refractivity contribution in [1.29, 1.82) is 0 Å². The van der Waals surface area contributed by atoms with Gasteiger partial charge in [-0.1, -0.05) is 31.2 Å². The molecule has 3 nitrogen and oxygen atoms in total. The molecule has 0 saturated carbocycles. The highest BCUT2D eigenvalue weighted by Crippen LogP contribution is 2.17. The summed E-state index contributed by atoms with van der Waals surface area (Å²) >= 11 is 0. The van der Waals surface area contributed by atoms with E-state index in [-0.39, 0.29) is 0 Å². The Kier molecular flexibility index (Phi) is 3.42. The summed E-state index contributed by atoms with van der Waals surface area (Å²) < 4.78 is 5.77. The number of aromatic nitrogens is 2. The van der Waals surface area contributed by atoms with Crippen molar-refractivity contribution in [2.24, 2.45) is 0 Å². The fraction of sp³-hybridized carbons (Fsp3) is 0.235. The number of aryl methyl sites for hydroxylation is 2. The molecule has 1 aromatic heterocycles. The van der Waals surface area contributed by atoms with Crippen LogP contribution >= 0.6 is 0 Å². The van der Waals surface area contributed by atoms with Gasteiger partial charge in [-0.2, -0.15) is 0 Å². The number of hydrogen-bond acceptors (Lipinski definition) is 2. The van der Waals surface area contributed by atoms with Gasteiger partial charge in [0.1, 0.15) is 18.2 Å². The predicted molar refractivity (Wildman–Crippen MR) is 81.0 cm³/mol. The molecular formula is C17H18N2O. The first-order valence-electron chi connectivity index (χ1n) is 6.92. The molecule has 3 aromatic rings. The maximum atomic E-state index is 5.77. The van der Waals surface area contributed by atoms with Crippen LogP contribution in [0.3, 0.4) is 0 Å². The van der Waals surface area contributed by atoms with Gasteiger partial charge in [-0.15, -0.1) is 0 Å². The summed E-state index contributed by atoms with van der Waals surface area (Å²) in [7, 11) is 0. The molecule has 0 aliphatic carbocycles. The van der Waals surface area contributed by atoms with Gasteiger partial charge in [0.15, 0.2) is 0 Å². The van der Waals surface area contributed by atoms with Crippen LogP contribution in [0.15, 0.2) is 42.5 Å². The minimum absolute atomic E-state index is 0.458. The normalized spacial score (nSPS) is 10.9. The lowest BCUT2D eigenvalue weighted by Gasteiger charge is -2.04. The minimum atomic E-state index is 0.458. The molecule has 3 rings (SSSR count). The van der Waals surface area contributed by atoms with Gasteiger partial charge in [0.05, 0.1) is 11.0 Å². The second-order valence-electron chi connectivity index (χ2n) is 4.94. The summed E-state index contributed by atoms with van der Waals surface area (Å²) in [6.45, 7) is 4.67. The van der Waals surface area contributed by atoms with Crippen LogP contribution in [0, 0.1) is 6.92 Å². The average molecular weight is 266 g/mol. The molecule has 20 heavy (non-hydrogen) atoms. The van der Waals surface area contributed by atoms with Crippen molar-refractivity contribution in [3.63, 3.8) is 0 Å². The number of nitrogens with one attached hydrogen (secondary N) is 1. The first kappa shape index (κ1) is 12.7. The number of para-hydroxylation sites is 1. The number of H-pyrrole nitrogens is 1. The van der Waals surface area contributed by atoms with Crippen molar-refractivity contribution >= 4 is 11.0 Å². The van der Waals surface area contributed by atoms with Crippen molar-refractivity contribution in [2.75, 3.05) is 0 Å². The van der Waals surface area contributed by atoms with Crippen molar-refractivity contribution in [3.8, 4) is 5.75 Å². The molecule has 102 valence electrons. The van der Waals surface area contributed by atoms with Crippen molar-refractivity contribution in [3.05, 3.63) is 59.4 Å². The van der Waals surface area contributed by atoms with E-state index in [1.807, 2.05) is 24.3 Å². The van der Waals surface area contributed by atoms with Crippen molar-refractivity contribution in [1.82, 2.24) is 9.97 Å². The van der Waals surface area contributed by atoms with E-state index in [9.17, 15) is 0 Å². The van der Waals surface area contributed by atoms with Gasteiger partial charge >= 0.3 is 0 Å². The molecule has 0 amide bonds. The standard InChI is InChI=1S/C17H18N2O/c1-3-13-7-9-14(10-8-13)20-11-16-18-15-6-4-5-12(2)17(15)19-16/h4-10H,3,11H2,1-2H3,(H,18,19). The zero-order valence-corrected chi connectivity index (χ0v) is 11.8. The van der Waals surface area contributed by atoms with Crippen LogP contribution in [0.1, 0.15) is 23.9 Å². The molecule has 0 spiro atoms. The van der Waals surface area contributed by atoms with Gasteiger partial charge in [0.25, 0.3) is 0 Å². The Labute approximate surface area is 118 Å². The SMILES string of the molecule is CCc1ccc(OCc2nc3c(C)cccc3[nH]2)cc1.